The third kappa shape index (κ3) is 4.09. The van der Waals surface area contributed by atoms with Crippen LogP contribution in [-0.2, 0) is 4.79 Å². The molecule has 0 aliphatic heterocycles. The molecule has 0 unspecified atom stereocenters. The molecule has 0 spiro atoms. The fraction of sp³-hybridized carbons (Fsp3) is 0.818. The van der Waals surface area contributed by atoms with Gasteiger partial charge < -0.3 is 10.2 Å². The Morgan fingerprint density at radius 2 is 2.00 bits per heavy atom. The maximum atomic E-state index is 10.4. The number of hydrogen-bond donors (Lipinski definition) is 2. The van der Waals surface area contributed by atoms with Crippen molar-refractivity contribution in [2.45, 2.75) is 44.9 Å². The van der Waals surface area contributed by atoms with Gasteiger partial charge in [-0.15, -0.1) is 0 Å². The molecule has 0 bridgehead atoms. The molecule has 1 aliphatic rings. The molecule has 0 saturated heterocycles. The van der Waals surface area contributed by atoms with Gasteiger partial charge in [-0.25, -0.2) is 0 Å². The summed E-state index contributed by atoms with van der Waals surface area (Å²) in [7, 11) is 0. The molecule has 2 N–H and O–H groups in total. The fourth-order valence-corrected chi connectivity index (χ4v) is 2.11. The van der Waals surface area contributed by atoms with Crippen molar-refractivity contribution in [3.05, 3.63) is 5.92 Å². The molecule has 0 aromatic carbocycles. The van der Waals surface area contributed by atoms with Crippen LogP contribution >= 0.6 is 0 Å². The Kier molecular flexibility index (Phi) is 4.94. The van der Waals surface area contributed by atoms with Crippen molar-refractivity contribution >= 4 is 5.97 Å². The molecule has 14 heavy (non-hydrogen) atoms. The van der Waals surface area contributed by atoms with Gasteiger partial charge in [0.25, 0.3) is 0 Å². The normalized spacial score (nSPS) is 19.8. The first-order valence-corrected chi connectivity index (χ1v) is 5.38. The summed E-state index contributed by atoms with van der Waals surface area (Å²) in [5, 5.41) is 17.3. The van der Waals surface area contributed by atoms with Crippen LogP contribution in [0.25, 0.3) is 0 Å². The predicted molar refractivity (Wildman–Crippen MR) is 53.8 cm³/mol. The molecule has 0 atom stereocenters. The van der Waals surface area contributed by atoms with Gasteiger partial charge in [0.05, 0.1) is 0 Å². The number of hydrogen-bond acceptors (Lipinski definition) is 2. The van der Waals surface area contributed by atoms with Crippen LogP contribution in [0.3, 0.4) is 0 Å². The van der Waals surface area contributed by atoms with Crippen LogP contribution in [0.15, 0.2) is 0 Å². The first kappa shape index (κ1) is 11.5. The van der Waals surface area contributed by atoms with Crippen molar-refractivity contribution in [1.29, 1.82) is 0 Å². The van der Waals surface area contributed by atoms with Crippen LogP contribution in [0.5, 0.6) is 0 Å². The minimum Gasteiger partial charge on any atom is -0.481 e. The van der Waals surface area contributed by atoms with Gasteiger partial charge in [-0.05, 0) is 50.4 Å². The second kappa shape index (κ2) is 6.02. The van der Waals surface area contributed by atoms with E-state index in [9.17, 15) is 4.79 Å². The van der Waals surface area contributed by atoms with Crippen molar-refractivity contribution in [1.82, 2.24) is 0 Å². The molecule has 1 saturated carbocycles. The highest BCUT2D eigenvalue weighted by Crippen LogP contribution is 2.34. The Labute approximate surface area is 85.1 Å². The van der Waals surface area contributed by atoms with E-state index in [-0.39, 0.29) is 6.61 Å². The zero-order valence-electron chi connectivity index (χ0n) is 8.54. The first-order chi connectivity index (χ1) is 6.72. The summed E-state index contributed by atoms with van der Waals surface area (Å²) in [6.07, 6.45) is 6.37. The quantitative estimate of drug-likeness (QED) is 0.712. The summed E-state index contributed by atoms with van der Waals surface area (Å²) in [5.41, 5.74) is 0. The van der Waals surface area contributed by atoms with Gasteiger partial charge in [0, 0.05) is 13.0 Å². The highest BCUT2D eigenvalue weighted by Gasteiger charge is 2.21. The molecular formula is C11H19O3. The summed E-state index contributed by atoms with van der Waals surface area (Å²) >= 11 is 0. The second-order valence-electron chi connectivity index (χ2n) is 4.10. The molecule has 0 heterocycles. The fourth-order valence-electron chi connectivity index (χ4n) is 2.11. The van der Waals surface area contributed by atoms with Crippen molar-refractivity contribution in [3.8, 4) is 0 Å². The smallest absolute Gasteiger partial charge is 0.303 e. The van der Waals surface area contributed by atoms with E-state index >= 15 is 0 Å². The third-order valence-corrected chi connectivity index (χ3v) is 3.04. The number of carboxylic acids is 1. The van der Waals surface area contributed by atoms with Gasteiger partial charge in [-0.1, -0.05) is 0 Å². The Balaban J connectivity index is 2.12. The number of carbonyl (C=O) groups is 1. The van der Waals surface area contributed by atoms with Crippen LogP contribution in [0.2, 0.25) is 0 Å². The van der Waals surface area contributed by atoms with Gasteiger partial charge in [0.2, 0.25) is 0 Å². The van der Waals surface area contributed by atoms with Crippen molar-refractivity contribution in [2.24, 2.45) is 5.92 Å². The predicted octanol–water partition coefficient (Wildman–Crippen LogP) is 2.00. The van der Waals surface area contributed by atoms with Gasteiger partial charge in [0.15, 0.2) is 0 Å². The standard InChI is InChI=1S/C11H19O3/c12-8-7-10-3-1-9(2-4-10)5-6-11(13)14/h9,12H,1-8H2,(H,13,14). The highest BCUT2D eigenvalue weighted by molar-refractivity contribution is 5.66. The lowest BCUT2D eigenvalue weighted by molar-refractivity contribution is -0.137. The van der Waals surface area contributed by atoms with Gasteiger partial charge >= 0.3 is 5.97 Å². The van der Waals surface area contributed by atoms with Crippen molar-refractivity contribution in [2.75, 3.05) is 6.61 Å². The van der Waals surface area contributed by atoms with Crippen LogP contribution in [0, 0.1) is 11.8 Å². The average Bonchev–Trinajstić information content (AvgIpc) is 2.17. The molecule has 1 aliphatic carbocycles. The van der Waals surface area contributed by atoms with Crippen molar-refractivity contribution in [3.63, 3.8) is 0 Å². The summed E-state index contributed by atoms with van der Waals surface area (Å²) < 4.78 is 0. The molecule has 0 aromatic heterocycles. The molecule has 1 fully saturated rings. The number of rotatable bonds is 5. The van der Waals surface area contributed by atoms with E-state index in [0.29, 0.717) is 12.3 Å². The molecule has 81 valence electrons. The molecule has 0 amide bonds. The number of aliphatic carboxylic acids is 1. The summed E-state index contributed by atoms with van der Waals surface area (Å²) in [6.45, 7) is 0.259. The number of carboxylic acid groups (broad SMARTS) is 1. The molecule has 0 aromatic rings. The van der Waals surface area contributed by atoms with E-state index in [2.05, 4.69) is 0 Å². The third-order valence-electron chi connectivity index (χ3n) is 3.04. The monoisotopic (exact) mass is 199 g/mol. The van der Waals surface area contributed by atoms with Gasteiger partial charge in [-0.2, -0.15) is 0 Å². The topological polar surface area (TPSA) is 57.5 Å². The first-order valence-electron chi connectivity index (χ1n) is 5.38. The SMILES string of the molecule is O=C(O)CCC1CC[C](CCO)CC1. The second-order valence-corrected chi connectivity index (χ2v) is 4.10. The van der Waals surface area contributed by atoms with Crippen LogP contribution < -0.4 is 0 Å². The van der Waals surface area contributed by atoms with Crippen LogP contribution in [-0.4, -0.2) is 22.8 Å². The van der Waals surface area contributed by atoms with E-state index in [0.717, 1.165) is 38.5 Å². The van der Waals surface area contributed by atoms with E-state index < -0.39 is 5.97 Å². The Hall–Kier alpha value is -0.570. The van der Waals surface area contributed by atoms with Gasteiger partial charge in [-0.3, -0.25) is 4.79 Å². The maximum Gasteiger partial charge on any atom is 0.303 e. The van der Waals surface area contributed by atoms with E-state index in [1.807, 2.05) is 0 Å². The molecule has 1 rings (SSSR count). The summed E-state index contributed by atoms with van der Waals surface area (Å²) in [4.78, 5) is 10.4. The minimum absolute atomic E-state index is 0.259. The molecule has 3 nitrogen and oxygen atoms in total. The number of aliphatic hydroxyl groups excluding tert-OH is 1. The molecule has 1 radical (unpaired) electrons. The average molecular weight is 199 g/mol. The lowest BCUT2D eigenvalue weighted by Gasteiger charge is -2.27. The maximum absolute atomic E-state index is 10.4. The zero-order chi connectivity index (χ0) is 10.4. The Morgan fingerprint density at radius 3 is 2.50 bits per heavy atom. The highest BCUT2D eigenvalue weighted by atomic mass is 16.4. The Morgan fingerprint density at radius 1 is 1.36 bits per heavy atom. The van der Waals surface area contributed by atoms with Gasteiger partial charge in [0.1, 0.15) is 0 Å². The summed E-state index contributed by atoms with van der Waals surface area (Å²) in [6, 6.07) is 0. The minimum atomic E-state index is -0.685. The zero-order valence-corrected chi connectivity index (χ0v) is 8.54. The molecular weight excluding hydrogens is 180 g/mol. The van der Waals surface area contributed by atoms with E-state index in [1.165, 1.54) is 5.92 Å². The lowest BCUT2D eigenvalue weighted by Crippen LogP contribution is -2.15. The lowest BCUT2D eigenvalue weighted by atomic mass is 9.79. The largest absolute Gasteiger partial charge is 0.481 e. The van der Waals surface area contributed by atoms with E-state index in [1.54, 1.807) is 0 Å². The molecule has 3 heteroatoms. The summed E-state index contributed by atoms with van der Waals surface area (Å²) in [5.74, 6) is 1.36. The van der Waals surface area contributed by atoms with E-state index in [4.69, 9.17) is 10.2 Å². The van der Waals surface area contributed by atoms with Crippen LogP contribution in [0.4, 0.5) is 0 Å². The van der Waals surface area contributed by atoms with Crippen molar-refractivity contribution < 1.29 is 15.0 Å². The Bertz CT molecular complexity index is 171. The number of aliphatic hydroxyl groups is 1. The van der Waals surface area contributed by atoms with Crippen LogP contribution in [0.1, 0.15) is 44.9 Å².